The maximum Gasteiger partial charge on any atom is 0.197 e. The zero-order valence-corrected chi connectivity index (χ0v) is 8.43. The van der Waals surface area contributed by atoms with Crippen molar-refractivity contribution in [2.45, 2.75) is 0 Å². The van der Waals surface area contributed by atoms with E-state index < -0.39 is 23.2 Å². The van der Waals surface area contributed by atoms with Crippen LogP contribution in [-0.4, -0.2) is 5.78 Å². The SMILES string of the molecule is O=C1c2cc(F)ccc2-c2c(F)ccc(F)c21. The average molecular weight is 234 g/mol. The summed E-state index contributed by atoms with van der Waals surface area (Å²) < 4.78 is 40.1. The molecular weight excluding hydrogens is 229 g/mol. The molecule has 0 aromatic heterocycles. The minimum atomic E-state index is -0.789. The fraction of sp³-hybridized carbons (Fsp3) is 0. The molecular formula is C13H5F3O. The number of carbonyl (C=O) groups excluding carboxylic acids is 1. The number of fused-ring (bicyclic) bond motifs is 3. The van der Waals surface area contributed by atoms with Crippen LogP contribution in [0.3, 0.4) is 0 Å². The van der Waals surface area contributed by atoms with E-state index in [4.69, 9.17) is 0 Å². The Hall–Kier alpha value is -2.10. The van der Waals surface area contributed by atoms with Crippen molar-refractivity contribution in [1.29, 1.82) is 0 Å². The van der Waals surface area contributed by atoms with Gasteiger partial charge < -0.3 is 0 Å². The van der Waals surface area contributed by atoms with Crippen molar-refractivity contribution in [1.82, 2.24) is 0 Å². The van der Waals surface area contributed by atoms with Crippen LogP contribution < -0.4 is 0 Å². The van der Waals surface area contributed by atoms with Gasteiger partial charge in [0.2, 0.25) is 0 Å². The van der Waals surface area contributed by atoms with Crippen molar-refractivity contribution in [3.05, 3.63) is 58.9 Å². The Kier molecular flexibility index (Phi) is 1.90. The Bertz CT molecular complexity index is 662. The predicted molar refractivity (Wildman–Crippen MR) is 55.2 cm³/mol. The van der Waals surface area contributed by atoms with E-state index in [2.05, 4.69) is 0 Å². The lowest BCUT2D eigenvalue weighted by Gasteiger charge is -2.01. The molecule has 1 nitrogen and oxygen atoms in total. The highest BCUT2D eigenvalue weighted by atomic mass is 19.1. The molecule has 0 saturated heterocycles. The summed E-state index contributed by atoms with van der Waals surface area (Å²) in [5.74, 6) is -2.75. The number of ketones is 1. The molecule has 4 heteroatoms. The van der Waals surface area contributed by atoms with Crippen LogP contribution in [-0.2, 0) is 0 Å². The van der Waals surface area contributed by atoms with Crippen molar-refractivity contribution in [2.24, 2.45) is 0 Å². The van der Waals surface area contributed by atoms with Gasteiger partial charge in [-0.3, -0.25) is 4.79 Å². The van der Waals surface area contributed by atoms with E-state index in [1.807, 2.05) is 0 Å². The lowest BCUT2D eigenvalue weighted by Crippen LogP contribution is -1.99. The molecule has 0 heterocycles. The first-order valence-electron chi connectivity index (χ1n) is 4.92. The standard InChI is InChI=1S/C13H5F3O/c14-6-1-2-7-8(5-6)13(17)12-10(16)4-3-9(15)11(7)12/h1-5H. The minimum absolute atomic E-state index is 0.00370. The molecule has 3 rings (SSSR count). The predicted octanol–water partition coefficient (Wildman–Crippen LogP) is 3.32. The number of hydrogen-bond donors (Lipinski definition) is 0. The fourth-order valence-electron chi connectivity index (χ4n) is 2.09. The lowest BCUT2D eigenvalue weighted by atomic mass is 10.1. The Morgan fingerprint density at radius 2 is 1.41 bits per heavy atom. The molecule has 0 radical (unpaired) electrons. The van der Waals surface area contributed by atoms with Crippen molar-refractivity contribution >= 4 is 5.78 Å². The largest absolute Gasteiger partial charge is 0.288 e. The van der Waals surface area contributed by atoms with Gasteiger partial charge in [0.15, 0.2) is 5.78 Å². The van der Waals surface area contributed by atoms with Crippen molar-refractivity contribution in [3.63, 3.8) is 0 Å². The van der Waals surface area contributed by atoms with Gasteiger partial charge in [-0.2, -0.15) is 0 Å². The highest BCUT2D eigenvalue weighted by Crippen LogP contribution is 2.39. The average Bonchev–Trinajstić information content (AvgIpc) is 2.59. The van der Waals surface area contributed by atoms with Crippen LogP contribution in [0.1, 0.15) is 15.9 Å². The number of carbonyl (C=O) groups is 1. The molecule has 0 atom stereocenters. The Labute approximate surface area is 94.5 Å². The summed E-state index contributed by atoms with van der Waals surface area (Å²) in [4.78, 5) is 11.8. The first-order chi connectivity index (χ1) is 8.09. The molecule has 1 aliphatic carbocycles. The summed E-state index contributed by atoms with van der Waals surface area (Å²) in [6.07, 6.45) is 0. The van der Waals surface area contributed by atoms with Crippen molar-refractivity contribution in [2.75, 3.05) is 0 Å². The quantitative estimate of drug-likeness (QED) is 0.583. The molecule has 0 saturated carbocycles. The molecule has 2 aromatic carbocycles. The minimum Gasteiger partial charge on any atom is -0.288 e. The van der Waals surface area contributed by atoms with Gasteiger partial charge in [0, 0.05) is 11.1 Å². The highest BCUT2D eigenvalue weighted by molar-refractivity contribution is 6.21. The monoisotopic (exact) mass is 234 g/mol. The molecule has 0 fully saturated rings. The van der Waals surface area contributed by atoms with Gasteiger partial charge in [-0.25, -0.2) is 13.2 Å². The molecule has 84 valence electrons. The molecule has 0 unspecified atom stereocenters. The van der Waals surface area contributed by atoms with E-state index in [0.29, 0.717) is 0 Å². The van der Waals surface area contributed by atoms with Gasteiger partial charge in [-0.1, -0.05) is 6.07 Å². The second-order valence-corrected chi connectivity index (χ2v) is 3.80. The van der Waals surface area contributed by atoms with Gasteiger partial charge in [-0.15, -0.1) is 0 Å². The molecule has 0 amide bonds. The lowest BCUT2D eigenvalue weighted by molar-refractivity contribution is 0.103. The molecule has 0 aliphatic heterocycles. The second-order valence-electron chi connectivity index (χ2n) is 3.80. The van der Waals surface area contributed by atoms with E-state index in [0.717, 1.165) is 24.3 Å². The Morgan fingerprint density at radius 3 is 2.12 bits per heavy atom. The van der Waals surface area contributed by atoms with Crippen LogP contribution in [0.2, 0.25) is 0 Å². The van der Waals surface area contributed by atoms with E-state index in [1.54, 1.807) is 0 Å². The number of hydrogen-bond acceptors (Lipinski definition) is 1. The maximum atomic E-state index is 13.6. The third kappa shape index (κ3) is 1.24. The number of halogens is 3. The van der Waals surface area contributed by atoms with Crippen LogP contribution in [0.15, 0.2) is 30.3 Å². The molecule has 0 spiro atoms. The van der Waals surface area contributed by atoms with Crippen LogP contribution in [0, 0.1) is 17.5 Å². The van der Waals surface area contributed by atoms with Crippen LogP contribution >= 0.6 is 0 Å². The normalized spacial score (nSPS) is 12.5. The van der Waals surface area contributed by atoms with Gasteiger partial charge in [-0.05, 0) is 29.8 Å². The first-order valence-corrected chi connectivity index (χ1v) is 4.92. The van der Waals surface area contributed by atoms with Crippen LogP contribution in [0.25, 0.3) is 11.1 Å². The molecule has 2 aromatic rings. The van der Waals surface area contributed by atoms with Crippen molar-refractivity contribution in [3.8, 4) is 11.1 Å². The van der Waals surface area contributed by atoms with Gasteiger partial charge in [0.25, 0.3) is 0 Å². The highest BCUT2D eigenvalue weighted by Gasteiger charge is 2.32. The zero-order valence-electron chi connectivity index (χ0n) is 8.43. The molecule has 17 heavy (non-hydrogen) atoms. The maximum absolute atomic E-state index is 13.6. The van der Waals surface area contributed by atoms with Crippen molar-refractivity contribution < 1.29 is 18.0 Å². The van der Waals surface area contributed by atoms with Gasteiger partial charge in [0.1, 0.15) is 17.5 Å². The summed E-state index contributed by atoms with van der Waals surface area (Å²) >= 11 is 0. The smallest absolute Gasteiger partial charge is 0.197 e. The van der Waals surface area contributed by atoms with E-state index >= 15 is 0 Å². The van der Waals surface area contributed by atoms with Gasteiger partial charge in [0.05, 0.1) is 5.56 Å². The van der Waals surface area contributed by atoms with E-state index in [9.17, 15) is 18.0 Å². The summed E-state index contributed by atoms with van der Waals surface area (Å²) in [6.45, 7) is 0. The van der Waals surface area contributed by atoms with Crippen LogP contribution in [0.5, 0.6) is 0 Å². The summed E-state index contributed by atoms with van der Waals surface area (Å²) in [6, 6.07) is 5.26. The first kappa shape index (κ1) is 10.1. The Morgan fingerprint density at radius 1 is 0.765 bits per heavy atom. The zero-order chi connectivity index (χ0) is 12.2. The summed E-state index contributed by atoms with van der Waals surface area (Å²) in [7, 11) is 0. The van der Waals surface area contributed by atoms with Crippen LogP contribution in [0.4, 0.5) is 13.2 Å². The molecule has 0 bridgehead atoms. The van der Waals surface area contributed by atoms with E-state index in [1.165, 1.54) is 6.07 Å². The Balaban J connectivity index is 2.43. The summed E-state index contributed by atoms with van der Waals surface area (Å²) in [5, 5.41) is 0. The van der Waals surface area contributed by atoms with Gasteiger partial charge >= 0.3 is 0 Å². The summed E-state index contributed by atoms with van der Waals surface area (Å²) in [5.41, 5.74) is -0.150. The number of benzene rings is 2. The fourth-order valence-corrected chi connectivity index (χ4v) is 2.09. The topological polar surface area (TPSA) is 17.1 Å². The second kappa shape index (κ2) is 3.20. The third-order valence-electron chi connectivity index (χ3n) is 2.83. The third-order valence-corrected chi connectivity index (χ3v) is 2.83. The van der Waals surface area contributed by atoms with E-state index in [-0.39, 0.29) is 22.3 Å². The number of rotatable bonds is 0. The molecule has 1 aliphatic rings. The molecule has 0 N–H and O–H groups in total.